The first kappa shape index (κ1) is 23.6. The van der Waals surface area contributed by atoms with Crippen LogP contribution >= 0.6 is 7.81 Å². The normalized spacial score (nSPS) is 23.1. The number of benzene rings is 1. The van der Waals surface area contributed by atoms with Gasteiger partial charge in [-0.3, -0.25) is 9.69 Å². The van der Waals surface area contributed by atoms with E-state index in [-0.39, 0.29) is 13.3 Å². The summed E-state index contributed by atoms with van der Waals surface area (Å²) in [7, 11) is -8.51. The Hall–Kier alpha value is -2.06. The van der Waals surface area contributed by atoms with Crippen LogP contribution in [0, 0.1) is 5.92 Å². The van der Waals surface area contributed by atoms with Gasteiger partial charge in [0.25, 0.3) is 0 Å². The van der Waals surface area contributed by atoms with Crippen molar-refractivity contribution in [2.75, 3.05) is 26.7 Å². The quantitative estimate of drug-likeness (QED) is 0.417. The number of H-pyrrole nitrogens is 1. The van der Waals surface area contributed by atoms with E-state index in [1.54, 1.807) is 0 Å². The van der Waals surface area contributed by atoms with Crippen molar-refractivity contribution >= 4 is 30.2 Å². The number of likely N-dealkylation sites (N-methyl/N-ethyl adjacent to an activating group) is 1. The van der Waals surface area contributed by atoms with Gasteiger partial charge in [0.05, 0.1) is 5.92 Å². The van der Waals surface area contributed by atoms with Gasteiger partial charge in [0, 0.05) is 42.8 Å². The van der Waals surface area contributed by atoms with Gasteiger partial charge in [0.15, 0.2) is 0 Å². The Bertz CT molecular complexity index is 1020. The molecule has 0 saturated carbocycles. The Balaban J connectivity index is 0.000000398. The first-order chi connectivity index (χ1) is 14.1. The first-order valence-corrected chi connectivity index (χ1v) is 12.0. The van der Waals surface area contributed by atoms with Crippen LogP contribution in [0.1, 0.15) is 26.4 Å². The van der Waals surface area contributed by atoms with Crippen LogP contribution in [0.4, 0.5) is 25.2 Å². The molecular formula is C20H26F6N3OP. The molecule has 0 saturated heterocycles. The van der Waals surface area contributed by atoms with Gasteiger partial charge < -0.3 is 9.88 Å². The summed E-state index contributed by atoms with van der Waals surface area (Å²) >= 11 is 0. The number of hydrogen-bond acceptors (Lipinski definition) is 2. The van der Waals surface area contributed by atoms with Gasteiger partial charge in [-0.2, -0.15) is 0 Å². The molecule has 1 aromatic carbocycles. The third-order valence-electron chi connectivity index (χ3n) is 5.66. The fourth-order valence-corrected chi connectivity index (χ4v) is 4.38. The maximum atomic E-state index is 12.9. The number of amides is 1. The van der Waals surface area contributed by atoms with Crippen LogP contribution in [0.2, 0.25) is 0 Å². The molecule has 174 valence electrons. The summed E-state index contributed by atoms with van der Waals surface area (Å²) in [6.45, 7) is 6.47. The Labute approximate surface area is 177 Å². The second-order valence-corrected chi connectivity index (χ2v) is 9.82. The molecule has 1 amide bonds. The number of rotatable bonds is 3. The van der Waals surface area contributed by atoms with Gasteiger partial charge >= 0.3 is 34.4 Å². The molecule has 2 atom stereocenters. The topological polar surface area (TPSA) is 39.3 Å². The van der Waals surface area contributed by atoms with Crippen LogP contribution in [-0.4, -0.2) is 53.4 Å². The number of fused-ring (bicyclic) bond motifs is 2. The average Bonchev–Trinajstić information content (AvgIpc) is 3.05. The number of aromatic amines is 1. The monoisotopic (exact) mass is 469 g/mol. The van der Waals surface area contributed by atoms with Gasteiger partial charge in [-0.25, -0.2) is 0 Å². The number of halogens is 6. The van der Waals surface area contributed by atoms with E-state index in [2.05, 4.69) is 61.3 Å². The van der Waals surface area contributed by atoms with Gasteiger partial charge in [0.1, 0.15) is 0 Å². The molecule has 1 N–H and O–H groups in total. The zero-order chi connectivity index (χ0) is 23.3. The van der Waals surface area contributed by atoms with Crippen LogP contribution in [-0.2, 0) is 11.2 Å². The fourth-order valence-electron chi connectivity index (χ4n) is 4.38. The SMILES string of the molecule is CCN(CC)C(=O)[C@@H]1C=C2c3cccc4[nH]cc(c34)C[C@H]2N(C)C1.F[P-](F)(F)(F)(F)F.[H+]. The minimum atomic E-state index is -10.7. The summed E-state index contributed by atoms with van der Waals surface area (Å²) in [5, 5.41) is 1.34. The summed E-state index contributed by atoms with van der Waals surface area (Å²) < 4.78 is 59.2. The molecule has 0 radical (unpaired) electrons. The second kappa shape index (κ2) is 7.24. The molecule has 11 heteroatoms. The molecule has 2 heterocycles. The molecule has 0 unspecified atom stereocenters. The number of nitrogens with zero attached hydrogens (tertiary/aromatic N) is 2. The maximum absolute atomic E-state index is 12.9. The minimum Gasteiger partial charge on any atom is 1.00 e. The predicted molar refractivity (Wildman–Crippen MR) is 112 cm³/mol. The van der Waals surface area contributed by atoms with Crippen molar-refractivity contribution in [1.29, 1.82) is 0 Å². The van der Waals surface area contributed by atoms with Crippen molar-refractivity contribution in [2.24, 2.45) is 5.92 Å². The molecular weight excluding hydrogens is 443 g/mol. The molecule has 0 bridgehead atoms. The number of aromatic nitrogens is 1. The Morgan fingerprint density at radius 3 is 2.39 bits per heavy atom. The van der Waals surface area contributed by atoms with E-state index in [0.29, 0.717) is 6.04 Å². The van der Waals surface area contributed by atoms with E-state index in [1.165, 1.54) is 27.6 Å². The second-order valence-electron chi connectivity index (χ2n) is 7.90. The van der Waals surface area contributed by atoms with Gasteiger partial charge in [-0.05, 0) is 50.1 Å². The third kappa shape index (κ3) is 5.80. The molecule has 1 aromatic heterocycles. The standard InChI is InChI=1S/C20H25N3O.F6P/c1-4-23(5-2)20(24)14-9-16-15-7-6-8-17-19(15)13(11-21-17)10-18(16)22(3)12-14;1-7(2,3,4,5)6/h6-9,11,14,18,21H,4-5,10,12H2,1-3H3;/q;-1/p+1/t14-,18-;/m1./s1. The average molecular weight is 469 g/mol. The smallest absolute Gasteiger partial charge is 1.00 e. The molecule has 0 spiro atoms. The zero-order valence-electron chi connectivity index (χ0n) is 18.4. The fraction of sp³-hybridized carbons (Fsp3) is 0.450. The van der Waals surface area contributed by atoms with Gasteiger partial charge in [0.2, 0.25) is 5.91 Å². The van der Waals surface area contributed by atoms with E-state index >= 15 is 0 Å². The van der Waals surface area contributed by atoms with E-state index in [0.717, 1.165) is 26.1 Å². The summed E-state index contributed by atoms with van der Waals surface area (Å²) in [6.07, 6.45) is 5.41. The number of nitrogens with one attached hydrogen (secondary N) is 1. The van der Waals surface area contributed by atoms with Crippen molar-refractivity contribution in [3.63, 3.8) is 0 Å². The molecule has 31 heavy (non-hydrogen) atoms. The van der Waals surface area contributed by atoms with Crippen LogP contribution in [0.25, 0.3) is 16.5 Å². The molecule has 4 rings (SSSR count). The van der Waals surface area contributed by atoms with Crippen molar-refractivity contribution in [3.8, 4) is 0 Å². The number of carbonyl (C=O) groups is 1. The first-order valence-electron chi connectivity index (χ1n) is 9.95. The largest absolute Gasteiger partial charge is 1.00 e. The maximum Gasteiger partial charge on any atom is 1.00 e. The summed E-state index contributed by atoms with van der Waals surface area (Å²) in [6, 6.07) is 6.82. The van der Waals surface area contributed by atoms with Crippen molar-refractivity contribution < 1.29 is 31.4 Å². The summed E-state index contributed by atoms with van der Waals surface area (Å²) in [5.41, 5.74) is 5.21. The van der Waals surface area contributed by atoms with E-state index in [4.69, 9.17) is 0 Å². The Morgan fingerprint density at radius 2 is 1.81 bits per heavy atom. The molecule has 1 aliphatic carbocycles. The third-order valence-corrected chi connectivity index (χ3v) is 5.66. The molecule has 2 aliphatic rings. The van der Waals surface area contributed by atoms with E-state index in [9.17, 15) is 30.0 Å². The minimum absolute atomic E-state index is 0. The van der Waals surface area contributed by atoms with E-state index < -0.39 is 7.81 Å². The van der Waals surface area contributed by atoms with Gasteiger partial charge in [-0.1, -0.05) is 18.2 Å². The summed E-state index contributed by atoms with van der Waals surface area (Å²) in [5.74, 6) is 0.210. The van der Waals surface area contributed by atoms with Crippen molar-refractivity contribution in [3.05, 3.63) is 41.6 Å². The van der Waals surface area contributed by atoms with Crippen LogP contribution in [0.5, 0.6) is 0 Å². The van der Waals surface area contributed by atoms with E-state index in [1.807, 2.05) is 4.90 Å². The van der Waals surface area contributed by atoms with Crippen LogP contribution in [0.15, 0.2) is 30.5 Å². The van der Waals surface area contributed by atoms with Gasteiger partial charge in [-0.15, -0.1) is 0 Å². The van der Waals surface area contributed by atoms with Crippen LogP contribution in [0.3, 0.4) is 0 Å². The zero-order valence-corrected chi connectivity index (χ0v) is 18.3. The van der Waals surface area contributed by atoms with Crippen molar-refractivity contribution in [1.82, 2.24) is 14.8 Å². The molecule has 2 aromatic rings. The number of carbonyl (C=O) groups excluding carboxylic acids is 1. The molecule has 1 aliphatic heterocycles. The number of hydrogen-bond donors (Lipinski definition) is 1. The molecule has 0 fully saturated rings. The Kier molecular flexibility index (Phi) is 5.51. The Morgan fingerprint density at radius 1 is 1.19 bits per heavy atom. The predicted octanol–water partition coefficient (Wildman–Crippen LogP) is 6.40. The molecule has 4 nitrogen and oxygen atoms in total. The van der Waals surface area contributed by atoms with Crippen LogP contribution < -0.4 is 0 Å². The van der Waals surface area contributed by atoms with Crippen molar-refractivity contribution in [2.45, 2.75) is 26.3 Å². The summed E-state index contributed by atoms with van der Waals surface area (Å²) in [4.78, 5) is 20.6.